The Hall–Kier alpha value is -3.23. The minimum Gasteiger partial charge on any atom is -0.461 e. The molecule has 0 spiro atoms. The lowest BCUT2D eigenvalue weighted by molar-refractivity contribution is -0.145. The summed E-state index contributed by atoms with van der Waals surface area (Å²) in [6.07, 6.45) is 9.01. The number of rotatable bonds is 18. The van der Waals surface area contributed by atoms with Gasteiger partial charge in [-0.1, -0.05) is 73.5 Å². The van der Waals surface area contributed by atoms with Crippen molar-refractivity contribution in [2.24, 2.45) is 23.3 Å². The summed E-state index contributed by atoms with van der Waals surface area (Å²) < 4.78 is 5.30. The van der Waals surface area contributed by atoms with Crippen LogP contribution in [0, 0.1) is 11.8 Å². The van der Waals surface area contributed by atoms with Gasteiger partial charge in [-0.3, -0.25) is 14.4 Å². The molecular weight excluding hydrogens is 552 g/mol. The highest BCUT2D eigenvalue weighted by atomic mass is 16.5. The Morgan fingerprint density at radius 3 is 2.25 bits per heavy atom. The largest absolute Gasteiger partial charge is 0.461 e. The van der Waals surface area contributed by atoms with Crippen molar-refractivity contribution < 1.29 is 19.1 Å². The first kappa shape index (κ1) is 33.7. The van der Waals surface area contributed by atoms with E-state index in [1.165, 1.54) is 24.8 Å². The molecule has 44 heavy (non-hydrogen) atoms. The molecular formula is C36H52N4O4. The topological polar surface area (TPSA) is 128 Å². The number of likely N-dealkylation sites (N-methyl/N-ethyl adjacent to an activating group) is 1. The van der Waals surface area contributed by atoms with E-state index in [4.69, 9.17) is 16.2 Å². The molecule has 2 bridgehead atoms. The minimum absolute atomic E-state index is 0.0569. The van der Waals surface area contributed by atoms with Crippen molar-refractivity contribution in [3.05, 3.63) is 71.8 Å². The third kappa shape index (κ3) is 9.38. The number of nitrogens with two attached hydrogens (primary N) is 2. The third-order valence-corrected chi connectivity index (χ3v) is 9.57. The SMILES string of the molecule is CCN(C(=O)[C@@H](N)CCCCNC(=O)[C@@H](N)CCCCCC(=O)OCc1ccccc1)C1C2CCC(C2)C1c1ccccc1. The molecule has 4 unspecified atom stereocenters. The van der Waals surface area contributed by atoms with E-state index >= 15 is 0 Å². The molecule has 0 radical (unpaired) electrons. The first-order chi connectivity index (χ1) is 21.4. The highest BCUT2D eigenvalue weighted by molar-refractivity contribution is 5.82. The van der Waals surface area contributed by atoms with Crippen molar-refractivity contribution in [1.82, 2.24) is 10.2 Å². The van der Waals surface area contributed by atoms with E-state index in [9.17, 15) is 14.4 Å². The zero-order valence-corrected chi connectivity index (χ0v) is 26.4. The summed E-state index contributed by atoms with van der Waals surface area (Å²) >= 11 is 0. The molecule has 0 aliphatic heterocycles. The number of esters is 1. The molecule has 4 rings (SSSR count). The van der Waals surface area contributed by atoms with Crippen LogP contribution in [-0.2, 0) is 25.7 Å². The minimum atomic E-state index is -0.568. The van der Waals surface area contributed by atoms with Gasteiger partial charge in [0.05, 0.1) is 12.1 Å². The first-order valence-corrected chi connectivity index (χ1v) is 16.7. The number of amides is 2. The lowest BCUT2D eigenvalue weighted by atomic mass is 9.78. The van der Waals surface area contributed by atoms with Crippen molar-refractivity contribution in [1.29, 1.82) is 0 Å². The van der Waals surface area contributed by atoms with Crippen LogP contribution in [0.25, 0.3) is 0 Å². The van der Waals surface area contributed by atoms with E-state index in [1.54, 1.807) is 0 Å². The maximum atomic E-state index is 13.5. The highest BCUT2D eigenvalue weighted by Crippen LogP contribution is 2.55. The molecule has 5 N–H and O–H groups in total. The second-order valence-corrected chi connectivity index (χ2v) is 12.6. The Morgan fingerprint density at radius 2 is 1.52 bits per heavy atom. The Bertz CT molecular complexity index is 1180. The van der Waals surface area contributed by atoms with Gasteiger partial charge in [0.25, 0.3) is 0 Å². The zero-order chi connectivity index (χ0) is 31.3. The van der Waals surface area contributed by atoms with E-state index in [-0.39, 0.29) is 23.8 Å². The fourth-order valence-corrected chi connectivity index (χ4v) is 7.29. The van der Waals surface area contributed by atoms with Gasteiger partial charge < -0.3 is 26.4 Å². The molecule has 2 aliphatic carbocycles. The van der Waals surface area contributed by atoms with E-state index in [2.05, 4.69) is 47.5 Å². The van der Waals surface area contributed by atoms with Crippen molar-refractivity contribution in [2.75, 3.05) is 13.1 Å². The number of carbonyl (C=O) groups is 3. The Kier molecular flexibility index (Phi) is 13.2. The van der Waals surface area contributed by atoms with Crippen LogP contribution in [-0.4, -0.2) is 53.9 Å². The maximum absolute atomic E-state index is 13.5. The maximum Gasteiger partial charge on any atom is 0.306 e. The molecule has 6 atom stereocenters. The quantitative estimate of drug-likeness (QED) is 0.161. The summed E-state index contributed by atoms with van der Waals surface area (Å²) in [5, 5.41) is 2.92. The van der Waals surface area contributed by atoms with E-state index in [0.29, 0.717) is 63.1 Å². The number of unbranched alkanes of at least 4 members (excludes halogenated alkanes) is 3. The molecule has 2 fully saturated rings. The summed E-state index contributed by atoms with van der Waals surface area (Å²) in [7, 11) is 0. The van der Waals surface area contributed by atoms with Crippen molar-refractivity contribution in [2.45, 2.75) is 108 Å². The molecule has 0 heterocycles. The first-order valence-electron chi connectivity index (χ1n) is 16.7. The van der Waals surface area contributed by atoms with Gasteiger partial charge in [0, 0.05) is 31.5 Å². The predicted octanol–water partition coefficient (Wildman–Crippen LogP) is 5.05. The van der Waals surface area contributed by atoms with Crippen LogP contribution in [0.2, 0.25) is 0 Å². The van der Waals surface area contributed by atoms with Crippen LogP contribution in [0.4, 0.5) is 0 Å². The van der Waals surface area contributed by atoms with Crippen molar-refractivity contribution in [3.8, 4) is 0 Å². The summed E-state index contributed by atoms with van der Waals surface area (Å²) in [4.78, 5) is 40.0. The lowest BCUT2D eigenvalue weighted by Gasteiger charge is -2.40. The van der Waals surface area contributed by atoms with Gasteiger partial charge in [0.15, 0.2) is 0 Å². The molecule has 2 aliphatic rings. The Labute approximate surface area is 263 Å². The Balaban J connectivity index is 1.08. The number of hydrogen-bond acceptors (Lipinski definition) is 6. The number of ether oxygens (including phenoxy) is 1. The number of benzene rings is 2. The average molecular weight is 605 g/mol. The molecule has 8 heteroatoms. The normalized spacial score (nSPS) is 21.9. The Morgan fingerprint density at radius 1 is 0.864 bits per heavy atom. The standard InChI is InChI=1S/C36H52N4O4/c1-2-40(34-29-22-21-28(24-29)33(34)27-16-8-4-9-17-27)36(43)31(38)19-12-13-23-39-35(42)30(37)18-10-5-11-20-32(41)44-25-26-14-6-3-7-15-26/h3-4,6-9,14-17,28-31,33-34H,2,5,10-13,18-25,37-38H2,1H3,(H,39,42)/t28?,29?,30-,31-,33?,34?/m0/s1. The van der Waals surface area contributed by atoms with Crippen LogP contribution >= 0.6 is 0 Å². The van der Waals surface area contributed by atoms with Gasteiger partial charge in [-0.2, -0.15) is 0 Å². The van der Waals surface area contributed by atoms with Gasteiger partial charge in [-0.25, -0.2) is 0 Å². The number of nitrogens with one attached hydrogen (secondary N) is 1. The zero-order valence-electron chi connectivity index (χ0n) is 26.4. The molecule has 2 aromatic rings. The van der Waals surface area contributed by atoms with Crippen molar-refractivity contribution >= 4 is 17.8 Å². The van der Waals surface area contributed by atoms with Gasteiger partial charge in [0.1, 0.15) is 6.61 Å². The summed E-state index contributed by atoms with van der Waals surface area (Å²) in [6, 6.07) is 19.4. The van der Waals surface area contributed by atoms with Crippen LogP contribution in [0.3, 0.4) is 0 Å². The number of hydrogen-bond donors (Lipinski definition) is 3. The van der Waals surface area contributed by atoms with Crippen molar-refractivity contribution in [3.63, 3.8) is 0 Å². The number of fused-ring (bicyclic) bond motifs is 2. The van der Waals surface area contributed by atoms with Gasteiger partial charge in [0.2, 0.25) is 11.8 Å². The monoisotopic (exact) mass is 604 g/mol. The smallest absolute Gasteiger partial charge is 0.306 e. The second kappa shape index (κ2) is 17.3. The van der Waals surface area contributed by atoms with Crippen LogP contribution < -0.4 is 16.8 Å². The lowest BCUT2D eigenvalue weighted by Crippen LogP contribution is -2.52. The van der Waals surface area contributed by atoms with Gasteiger partial charge in [-0.05, 0) is 81.3 Å². The van der Waals surface area contributed by atoms with E-state index < -0.39 is 12.1 Å². The molecule has 2 aromatic carbocycles. The van der Waals surface area contributed by atoms with Gasteiger partial charge in [-0.15, -0.1) is 0 Å². The predicted molar refractivity (Wildman–Crippen MR) is 173 cm³/mol. The molecule has 240 valence electrons. The van der Waals surface area contributed by atoms with Crippen LogP contribution in [0.15, 0.2) is 60.7 Å². The average Bonchev–Trinajstić information content (AvgIpc) is 3.67. The van der Waals surface area contributed by atoms with E-state index in [0.717, 1.165) is 31.2 Å². The van der Waals surface area contributed by atoms with Crippen LogP contribution in [0.5, 0.6) is 0 Å². The number of nitrogens with zero attached hydrogens (tertiary/aromatic N) is 1. The summed E-state index contributed by atoms with van der Waals surface area (Å²) in [5.41, 5.74) is 14.9. The number of carbonyl (C=O) groups excluding carboxylic acids is 3. The third-order valence-electron chi connectivity index (χ3n) is 9.57. The van der Waals surface area contributed by atoms with E-state index in [1.807, 2.05) is 30.3 Å². The fourth-order valence-electron chi connectivity index (χ4n) is 7.29. The molecule has 2 saturated carbocycles. The highest BCUT2D eigenvalue weighted by Gasteiger charge is 2.51. The second-order valence-electron chi connectivity index (χ2n) is 12.6. The summed E-state index contributed by atoms with van der Waals surface area (Å²) in [6.45, 7) is 3.55. The molecule has 0 aromatic heterocycles. The summed E-state index contributed by atoms with van der Waals surface area (Å²) in [5.74, 6) is 1.29. The molecule has 2 amide bonds. The molecule has 8 nitrogen and oxygen atoms in total. The van der Waals surface area contributed by atoms with Crippen LogP contribution in [0.1, 0.15) is 94.6 Å². The van der Waals surface area contributed by atoms with Gasteiger partial charge >= 0.3 is 5.97 Å². The molecule has 0 saturated heterocycles. The fraction of sp³-hybridized carbons (Fsp3) is 0.583.